The first-order chi connectivity index (χ1) is 21.3. The number of benzene rings is 5. The van der Waals surface area contributed by atoms with Gasteiger partial charge in [-0.25, -0.2) is 0 Å². The predicted octanol–water partition coefficient (Wildman–Crippen LogP) is 11.0. The maximum Gasteiger partial charge on any atom is 0.463 e. The number of hydrogen-bond donors (Lipinski definition) is 0. The van der Waals surface area contributed by atoms with Crippen molar-refractivity contribution in [3.63, 3.8) is 0 Å². The van der Waals surface area contributed by atoms with Crippen LogP contribution >= 0.6 is 17.2 Å². The summed E-state index contributed by atoms with van der Waals surface area (Å²) in [5, 5.41) is 0. The van der Waals surface area contributed by atoms with Crippen molar-refractivity contribution in [2.75, 3.05) is 0 Å². The molecular formula is C36H36O6P2. The molecule has 226 valence electrons. The van der Waals surface area contributed by atoms with Gasteiger partial charge in [-0.2, -0.15) is 0 Å². The van der Waals surface area contributed by atoms with Gasteiger partial charge in [-0.05, 0) is 87.4 Å². The van der Waals surface area contributed by atoms with Gasteiger partial charge >= 0.3 is 17.2 Å². The molecule has 0 spiro atoms. The molecule has 0 saturated carbocycles. The van der Waals surface area contributed by atoms with Gasteiger partial charge in [0.1, 0.15) is 23.0 Å². The monoisotopic (exact) mass is 626 g/mol. The molecule has 44 heavy (non-hydrogen) atoms. The van der Waals surface area contributed by atoms with Crippen LogP contribution in [0.1, 0.15) is 38.8 Å². The maximum absolute atomic E-state index is 6.53. The lowest BCUT2D eigenvalue weighted by Crippen LogP contribution is -2.22. The second-order valence-electron chi connectivity index (χ2n) is 10.8. The van der Waals surface area contributed by atoms with Crippen LogP contribution in [0, 0.1) is 0 Å². The summed E-state index contributed by atoms with van der Waals surface area (Å²) in [7, 11) is -3.66. The molecule has 0 amide bonds. The van der Waals surface area contributed by atoms with Crippen molar-refractivity contribution in [1.82, 2.24) is 0 Å². The minimum atomic E-state index is -1.84. The summed E-state index contributed by atoms with van der Waals surface area (Å²) in [6, 6.07) is 46.3. The van der Waals surface area contributed by atoms with E-state index in [4.69, 9.17) is 27.1 Å². The Labute approximate surface area is 262 Å². The van der Waals surface area contributed by atoms with Crippen molar-refractivity contribution in [1.29, 1.82) is 0 Å². The molecule has 0 heterocycles. The van der Waals surface area contributed by atoms with Crippen molar-refractivity contribution >= 4 is 17.2 Å². The Hall–Kier alpha value is -3.92. The Morgan fingerprint density at radius 3 is 1.11 bits per heavy atom. The number of rotatable bonds is 14. The van der Waals surface area contributed by atoms with Gasteiger partial charge in [0, 0.05) is 0 Å². The zero-order valence-electron chi connectivity index (χ0n) is 25.2. The minimum Gasteiger partial charge on any atom is -0.418 e. The summed E-state index contributed by atoms with van der Waals surface area (Å²) < 4.78 is 38.1. The van der Waals surface area contributed by atoms with Gasteiger partial charge in [0.2, 0.25) is 0 Å². The van der Waals surface area contributed by atoms with Gasteiger partial charge in [0.05, 0.1) is 11.2 Å². The number of hydrogen-bond acceptors (Lipinski definition) is 6. The molecule has 6 nitrogen and oxygen atoms in total. The lowest BCUT2D eigenvalue weighted by Gasteiger charge is -2.30. The van der Waals surface area contributed by atoms with Gasteiger partial charge in [0.25, 0.3) is 0 Å². The standard InChI is InChI=1S/C36H36O6P2/c1-35(2,29-18-9-5-10-19-29)41-44(39-33-25-15-8-16-26-33)40-34-27-17-20-30(28-34)36(3,4)42-43(37-31-21-11-6-12-22-31)38-32-23-13-7-14-24-32/h5-28H,1-4H3. The number of para-hydroxylation sites is 3. The van der Waals surface area contributed by atoms with Crippen molar-refractivity contribution < 1.29 is 27.1 Å². The fourth-order valence-corrected chi connectivity index (χ4v) is 6.49. The highest BCUT2D eigenvalue weighted by atomic mass is 31.2. The SMILES string of the molecule is CC(C)(OP(Oc1ccccc1)Oc1cccc(C(C)(C)OP(Oc2ccccc2)Oc2ccccc2)c1)c1ccccc1. The fourth-order valence-electron chi connectivity index (χ4n) is 4.15. The van der Waals surface area contributed by atoms with E-state index in [1.54, 1.807) is 0 Å². The maximum atomic E-state index is 6.53. The van der Waals surface area contributed by atoms with Gasteiger partial charge in [-0.3, -0.25) is 9.05 Å². The second kappa shape index (κ2) is 14.7. The van der Waals surface area contributed by atoms with Crippen molar-refractivity contribution in [3.8, 4) is 23.0 Å². The molecule has 0 radical (unpaired) electrons. The zero-order valence-corrected chi connectivity index (χ0v) is 27.0. The first-order valence-corrected chi connectivity index (χ1v) is 16.5. The summed E-state index contributed by atoms with van der Waals surface area (Å²) in [4.78, 5) is 0. The molecule has 5 aromatic carbocycles. The van der Waals surface area contributed by atoms with E-state index in [2.05, 4.69) is 0 Å². The summed E-state index contributed by atoms with van der Waals surface area (Å²) >= 11 is 0. The highest BCUT2D eigenvalue weighted by molar-refractivity contribution is 7.43. The molecule has 0 aromatic heterocycles. The highest BCUT2D eigenvalue weighted by Gasteiger charge is 2.33. The average molecular weight is 627 g/mol. The Bertz CT molecular complexity index is 1530. The Kier molecular flexibility index (Phi) is 10.5. The van der Waals surface area contributed by atoms with Gasteiger partial charge < -0.3 is 18.1 Å². The normalized spacial score (nSPS) is 12.4. The van der Waals surface area contributed by atoms with Gasteiger partial charge in [0.15, 0.2) is 0 Å². The Morgan fingerprint density at radius 2 is 0.682 bits per heavy atom. The van der Waals surface area contributed by atoms with E-state index in [9.17, 15) is 0 Å². The van der Waals surface area contributed by atoms with E-state index in [-0.39, 0.29) is 0 Å². The third-order valence-electron chi connectivity index (χ3n) is 6.55. The molecule has 5 aromatic rings. The molecule has 8 heteroatoms. The topological polar surface area (TPSA) is 55.4 Å². The highest BCUT2D eigenvalue weighted by Crippen LogP contribution is 2.50. The summed E-state index contributed by atoms with van der Waals surface area (Å²) in [6.07, 6.45) is 0. The molecular weight excluding hydrogens is 590 g/mol. The summed E-state index contributed by atoms with van der Waals surface area (Å²) in [5.41, 5.74) is 0.414. The van der Waals surface area contributed by atoms with Crippen molar-refractivity contribution in [2.45, 2.75) is 38.9 Å². The van der Waals surface area contributed by atoms with Gasteiger partial charge in [-0.15, -0.1) is 0 Å². The zero-order chi connectivity index (χ0) is 30.8. The first kappa shape index (κ1) is 31.5. The van der Waals surface area contributed by atoms with Gasteiger partial charge in [-0.1, -0.05) is 97.1 Å². The van der Waals surface area contributed by atoms with E-state index in [1.807, 2.05) is 173 Å². The third kappa shape index (κ3) is 9.05. The smallest absolute Gasteiger partial charge is 0.418 e. The van der Waals surface area contributed by atoms with E-state index in [1.165, 1.54) is 0 Å². The van der Waals surface area contributed by atoms with Crippen LogP contribution in [-0.4, -0.2) is 0 Å². The Balaban J connectivity index is 1.36. The molecule has 0 bridgehead atoms. The van der Waals surface area contributed by atoms with E-state index in [0.717, 1.165) is 11.1 Å². The lowest BCUT2D eigenvalue weighted by molar-refractivity contribution is 0.0912. The van der Waals surface area contributed by atoms with E-state index < -0.39 is 28.4 Å². The van der Waals surface area contributed by atoms with Crippen molar-refractivity contribution in [2.24, 2.45) is 0 Å². The molecule has 0 N–H and O–H groups in total. The molecule has 0 aliphatic carbocycles. The summed E-state index contributed by atoms with van der Waals surface area (Å²) in [6.45, 7) is 7.96. The van der Waals surface area contributed by atoms with Crippen molar-refractivity contribution in [3.05, 3.63) is 157 Å². The average Bonchev–Trinajstić information content (AvgIpc) is 3.03. The molecule has 0 saturated heterocycles. The molecule has 1 unspecified atom stereocenters. The van der Waals surface area contributed by atoms with Crippen LogP contribution in [-0.2, 0) is 20.2 Å². The van der Waals surface area contributed by atoms with E-state index in [0.29, 0.717) is 23.0 Å². The van der Waals surface area contributed by atoms with Crippen LogP contribution in [0.4, 0.5) is 0 Å². The van der Waals surface area contributed by atoms with Crippen LogP contribution in [0.5, 0.6) is 23.0 Å². The van der Waals surface area contributed by atoms with Crippen LogP contribution in [0.15, 0.2) is 146 Å². The van der Waals surface area contributed by atoms with Crippen LogP contribution in [0.2, 0.25) is 0 Å². The molecule has 0 fully saturated rings. The lowest BCUT2D eigenvalue weighted by atomic mass is 9.98. The molecule has 0 aliphatic rings. The predicted molar refractivity (Wildman–Crippen MR) is 177 cm³/mol. The second-order valence-corrected chi connectivity index (χ2v) is 12.8. The van der Waals surface area contributed by atoms with Crippen LogP contribution in [0.3, 0.4) is 0 Å². The summed E-state index contributed by atoms with van der Waals surface area (Å²) in [5.74, 6) is 2.56. The van der Waals surface area contributed by atoms with Crippen LogP contribution < -0.4 is 18.1 Å². The Morgan fingerprint density at radius 1 is 0.364 bits per heavy atom. The minimum absolute atomic E-state index is 0.586. The first-order valence-electron chi connectivity index (χ1n) is 14.3. The quantitative estimate of drug-likeness (QED) is 0.114. The molecule has 5 rings (SSSR count). The molecule has 1 atom stereocenters. The van der Waals surface area contributed by atoms with E-state index >= 15 is 0 Å². The third-order valence-corrected chi connectivity index (χ3v) is 9.20. The largest absolute Gasteiger partial charge is 0.463 e. The fraction of sp³-hybridized carbons (Fsp3) is 0.167. The molecule has 0 aliphatic heterocycles. The van der Waals surface area contributed by atoms with Crippen LogP contribution in [0.25, 0.3) is 0 Å².